The number of hydrogen-bond acceptors (Lipinski definition) is 2. The Labute approximate surface area is 57.8 Å². The normalized spacial score (nSPS) is 9.43. The molecule has 0 aromatic carbocycles. The lowest BCUT2D eigenvalue weighted by Crippen LogP contribution is -1.99. The molecule has 0 aliphatic heterocycles. The van der Waals surface area contributed by atoms with Crippen LogP contribution in [0.15, 0.2) is 0 Å². The number of unbranched alkanes of at least 4 members (excludes halogenated alkanes) is 1. The van der Waals surface area contributed by atoms with Crippen molar-refractivity contribution >= 4 is 22.9 Å². The lowest BCUT2D eigenvalue weighted by atomic mass is 10.3. The van der Waals surface area contributed by atoms with Crippen molar-refractivity contribution in [1.82, 2.24) is 3.53 Å². The third kappa shape index (κ3) is 6.65. The van der Waals surface area contributed by atoms with Crippen molar-refractivity contribution in [1.29, 1.82) is 0 Å². The summed E-state index contributed by atoms with van der Waals surface area (Å²) in [7, 11) is 0. The highest BCUT2D eigenvalue weighted by molar-refractivity contribution is 14.1. The molecular weight excluding hydrogens is 205 g/mol. The number of halogens is 1. The molecule has 0 spiro atoms. The van der Waals surface area contributed by atoms with Crippen LogP contribution in [0.3, 0.4) is 0 Å². The Morgan fingerprint density at radius 1 is 1.43 bits per heavy atom. The van der Waals surface area contributed by atoms with Crippen molar-refractivity contribution in [2.24, 2.45) is 0 Å². The average Bonchev–Trinajstić information content (AvgIpc) is 1.69. The third-order valence-electron chi connectivity index (χ3n) is 0.679. The van der Waals surface area contributed by atoms with Gasteiger partial charge in [0.2, 0.25) is 0 Å². The topological polar surface area (TPSA) is 32.3 Å². The van der Waals surface area contributed by atoms with Gasteiger partial charge in [-0.2, -0.15) is 0 Å². The summed E-state index contributed by atoms with van der Waals surface area (Å²) in [4.78, 5) is 0. The maximum Gasteiger partial charge on any atom is 0.0431 e. The summed E-state index contributed by atoms with van der Waals surface area (Å²) in [5.74, 6) is 0. The predicted octanol–water partition coefficient (Wildman–Crippen LogP) is 0.698. The Morgan fingerprint density at radius 3 is 2.57 bits per heavy atom. The Bertz CT molecular complexity index is 30.9. The smallest absolute Gasteiger partial charge is 0.0431 e. The van der Waals surface area contributed by atoms with Crippen LogP contribution in [0.1, 0.15) is 12.8 Å². The van der Waals surface area contributed by atoms with E-state index in [2.05, 4.69) is 26.4 Å². The van der Waals surface area contributed by atoms with Crippen LogP contribution in [0.2, 0.25) is 0 Å². The summed E-state index contributed by atoms with van der Waals surface area (Å²) in [6, 6.07) is 0. The van der Waals surface area contributed by atoms with Gasteiger partial charge in [-0.3, -0.25) is 3.53 Å². The molecule has 3 heteroatoms. The van der Waals surface area contributed by atoms with E-state index in [0.717, 1.165) is 19.4 Å². The summed E-state index contributed by atoms with van der Waals surface area (Å²) in [6.07, 6.45) is 1.98. The predicted molar refractivity (Wildman–Crippen MR) is 38.3 cm³/mol. The number of aliphatic hydroxyl groups excluding tert-OH is 1. The number of rotatable bonds is 4. The van der Waals surface area contributed by atoms with Gasteiger partial charge in [0.1, 0.15) is 0 Å². The van der Waals surface area contributed by atoms with Crippen molar-refractivity contribution in [3.05, 3.63) is 0 Å². The van der Waals surface area contributed by atoms with Gasteiger partial charge >= 0.3 is 0 Å². The molecule has 0 unspecified atom stereocenters. The first-order chi connectivity index (χ1) is 3.41. The fourth-order valence-electron chi connectivity index (χ4n) is 0.304. The molecule has 0 bridgehead atoms. The van der Waals surface area contributed by atoms with E-state index < -0.39 is 0 Å². The molecule has 0 aromatic heterocycles. The van der Waals surface area contributed by atoms with E-state index >= 15 is 0 Å². The van der Waals surface area contributed by atoms with Gasteiger partial charge in [0.05, 0.1) is 0 Å². The van der Waals surface area contributed by atoms with Crippen molar-refractivity contribution in [2.45, 2.75) is 12.8 Å². The summed E-state index contributed by atoms with van der Waals surface area (Å²) < 4.78 is 2.96. The highest BCUT2D eigenvalue weighted by atomic mass is 127. The van der Waals surface area contributed by atoms with E-state index in [1.807, 2.05) is 0 Å². The Morgan fingerprint density at radius 2 is 2.14 bits per heavy atom. The molecular formula is C4H10INO. The second-order valence-electron chi connectivity index (χ2n) is 1.31. The molecule has 0 rings (SSSR count). The first-order valence-electron chi connectivity index (χ1n) is 2.36. The first-order valence-corrected chi connectivity index (χ1v) is 3.44. The fourth-order valence-corrected chi connectivity index (χ4v) is 0.685. The molecule has 2 N–H and O–H groups in total. The van der Waals surface area contributed by atoms with Crippen molar-refractivity contribution in [3.8, 4) is 0 Å². The minimum Gasteiger partial charge on any atom is -0.396 e. The molecule has 0 saturated heterocycles. The largest absolute Gasteiger partial charge is 0.396 e. The molecule has 0 amide bonds. The third-order valence-corrected chi connectivity index (χ3v) is 1.22. The maximum absolute atomic E-state index is 8.26. The Kier molecular flexibility index (Phi) is 7.27. The average molecular weight is 215 g/mol. The quantitative estimate of drug-likeness (QED) is 0.411. The SMILES string of the molecule is OCCCCNI. The summed E-state index contributed by atoms with van der Waals surface area (Å²) in [5, 5.41) is 8.26. The molecule has 0 saturated carbocycles. The van der Waals surface area contributed by atoms with E-state index in [0.29, 0.717) is 6.61 Å². The molecule has 44 valence electrons. The van der Waals surface area contributed by atoms with Crippen LogP contribution < -0.4 is 3.53 Å². The Hall–Kier alpha value is 0.650. The molecule has 0 aliphatic rings. The van der Waals surface area contributed by atoms with E-state index in [9.17, 15) is 0 Å². The zero-order valence-corrected chi connectivity index (χ0v) is 6.31. The number of hydrogen-bond donors (Lipinski definition) is 2. The summed E-state index contributed by atoms with van der Waals surface area (Å²) in [6.45, 7) is 1.32. The summed E-state index contributed by atoms with van der Waals surface area (Å²) in [5.41, 5.74) is 0. The highest BCUT2D eigenvalue weighted by Gasteiger charge is 1.80. The minimum absolute atomic E-state index is 0.318. The molecule has 0 atom stereocenters. The van der Waals surface area contributed by atoms with Gasteiger partial charge in [0.25, 0.3) is 0 Å². The zero-order valence-electron chi connectivity index (χ0n) is 4.15. The second kappa shape index (κ2) is 6.65. The van der Waals surface area contributed by atoms with E-state index in [4.69, 9.17) is 5.11 Å². The lowest BCUT2D eigenvalue weighted by Gasteiger charge is -1.91. The van der Waals surface area contributed by atoms with Crippen LogP contribution in [-0.4, -0.2) is 18.3 Å². The van der Waals surface area contributed by atoms with Crippen LogP contribution >= 0.6 is 22.9 Å². The van der Waals surface area contributed by atoms with Crippen molar-refractivity contribution < 1.29 is 5.11 Å². The molecule has 0 heterocycles. The Balaban J connectivity index is 2.45. The van der Waals surface area contributed by atoms with Crippen LogP contribution in [-0.2, 0) is 0 Å². The standard InChI is InChI=1S/C4H10INO/c5-6-3-1-2-4-7/h6-7H,1-4H2. The molecule has 2 nitrogen and oxygen atoms in total. The van der Waals surface area contributed by atoms with E-state index in [-0.39, 0.29) is 0 Å². The van der Waals surface area contributed by atoms with Gasteiger partial charge in [-0.1, -0.05) is 0 Å². The van der Waals surface area contributed by atoms with E-state index in [1.165, 1.54) is 0 Å². The van der Waals surface area contributed by atoms with Crippen LogP contribution in [0.5, 0.6) is 0 Å². The van der Waals surface area contributed by atoms with Crippen molar-refractivity contribution in [3.63, 3.8) is 0 Å². The van der Waals surface area contributed by atoms with Gasteiger partial charge in [-0.25, -0.2) is 0 Å². The molecule has 0 radical (unpaired) electrons. The molecule has 0 fully saturated rings. The van der Waals surface area contributed by atoms with Gasteiger partial charge < -0.3 is 5.11 Å². The summed E-state index contributed by atoms with van der Waals surface area (Å²) >= 11 is 2.10. The maximum atomic E-state index is 8.26. The van der Waals surface area contributed by atoms with Gasteiger partial charge in [0.15, 0.2) is 0 Å². The lowest BCUT2D eigenvalue weighted by molar-refractivity contribution is 0.285. The van der Waals surface area contributed by atoms with Crippen LogP contribution in [0, 0.1) is 0 Å². The number of nitrogens with one attached hydrogen (secondary N) is 1. The van der Waals surface area contributed by atoms with Crippen molar-refractivity contribution in [2.75, 3.05) is 13.2 Å². The monoisotopic (exact) mass is 215 g/mol. The zero-order chi connectivity index (χ0) is 5.54. The molecule has 0 aromatic rings. The van der Waals surface area contributed by atoms with Gasteiger partial charge in [0, 0.05) is 36.0 Å². The van der Waals surface area contributed by atoms with Gasteiger partial charge in [-0.15, -0.1) is 0 Å². The fraction of sp³-hybridized carbons (Fsp3) is 1.00. The highest BCUT2D eigenvalue weighted by Crippen LogP contribution is 1.84. The number of aliphatic hydroxyl groups is 1. The minimum atomic E-state index is 0.318. The van der Waals surface area contributed by atoms with Crippen LogP contribution in [0.4, 0.5) is 0 Å². The molecule has 0 aliphatic carbocycles. The first kappa shape index (κ1) is 7.65. The van der Waals surface area contributed by atoms with Crippen LogP contribution in [0.25, 0.3) is 0 Å². The second-order valence-corrected chi connectivity index (χ2v) is 2.08. The van der Waals surface area contributed by atoms with E-state index in [1.54, 1.807) is 0 Å². The molecule has 7 heavy (non-hydrogen) atoms. The van der Waals surface area contributed by atoms with Gasteiger partial charge in [-0.05, 0) is 12.8 Å².